The van der Waals surface area contributed by atoms with Crippen molar-refractivity contribution >= 4 is 0 Å². The van der Waals surface area contributed by atoms with Gasteiger partial charge < -0.3 is 16.9 Å². The summed E-state index contributed by atoms with van der Waals surface area (Å²) in [6, 6.07) is 10.5. The second kappa shape index (κ2) is 5.18. The lowest BCUT2D eigenvalue weighted by Crippen LogP contribution is -3.00. The molecule has 78 valence electrons. The van der Waals surface area contributed by atoms with Crippen LogP contribution in [-0.2, 0) is 6.42 Å². The van der Waals surface area contributed by atoms with Gasteiger partial charge in [-0.1, -0.05) is 30.3 Å². The third-order valence-electron chi connectivity index (χ3n) is 2.20. The summed E-state index contributed by atoms with van der Waals surface area (Å²) >= 11 is 0. The molecule has 1 rings (SSSR count). The van der Waals surface area contributed by atoms with Crippen LogP contribution in [0.1, 0.15) is 5.56 Å². The third-order valence-corrected chi connectivity index (χ3v) is 2.20. The predicted octanol–water partition coefficient (Wildman–Crippen LogP) is -0.547. The molecular weight excluding hydrogens is 194 g/mol. The van der Waals surface area contributed by atoms with Gasteiger partial charge in [0.1, 0.15) is 5.70 Å². The van der Waals surface area contributed by atoms with Gasteiger partial charge in [-0.15, -0.1) is 0 Å². The molecular formula is C12H18ClN. The summed E-state index contributed by atoms with van der Waals surface area (Å²) in [7, 11) is 6.43. The minimum atomic E-state index is 0. The van der Waals surface area contributed by atoms with Gasteiger partial charge in [-0.05, 0) is 12.1 Å². The van der Waals surface area contributed by atoms with Gasteiger partial charge in [0.15, 0.2) is 0 Å². The van der Waals surface area contributed by atoms with Crippen LogP contribution in [0.4, 0.5) is 0 Å². The van der Waals surface area contributed by atoms with E-state index in [1.54, 1.807) is 0 Å². The van der Waals surface area contributed by atoms with Crippen molar-refractivity contribution in [2.75, 3.05) is 21.1 Å². The Bertz CT molecular complexity index is 285. The highest BCUT2D eigenvalue weighted by molar-refractivity contribution is 5.18. The van der Waals surface area contributed by atoms with Crippen molar-refractivity contribution in [1.82, 2.24) is 0 Å². The van der Waals surface area contributed by atoms with Crippen molar-refractivity contribution in [2.45, 2.75) is 6.42 Å². The fraction of sp³-hybridized carbons (Fsp3) is 0.333. The minimum absolute atomic E-state index is 0. The molecule has 1 aromatic carbocycles. The molecule has 0 bridgehead atoms. The third kappa shape index (κ3) is 3.95. The highest BCUT2D eigenvalue weighted by Gasteiger charge is 2.13. The average molecular weight is 212 g/mol. The van der Waals surface area contributed by atoms with Crippen LogP contribution in [0.15, 0.2) is 42.6 Å². The SMILES string of the molecule is C=C(Cc1ccccc1)[N+](C)(C)C.[Cl-]. The predicted molar refractivity (Wildman–Crippen MR) is 57.3 cm³/mol. The van der Waals surface area contributed by atoms with E-state index in [4.69, 9.17) is 0 Å². The Morgan fingerprint density at radius 3 is 2.07 bits per heavy atom. The molecule has 0 aliphatic heterocycles. The van der Waals surface area contributed by atoms with E-state index in [9.17, 15) is 0 Å². The number of hydrogen-bond donors (Lipinski definition) is 0. The monoisotopic (exact) mass is 211 g/mol. The van der Waals surface area contributed by atoms with Crippen LogP contribution in [-0.4, -0.2) is 25.6 Å². The lowest BCUT2D eigenvalue weighted by molar-refractivity contribution is -0.832. The van der Waals surface area contributed by atoms with E-state index in [0.717, 1.165) is 10.9 Å². The van der Waals surface area contributed by atoms with Gasteiger partial charge in [0.2, 0.25) is 0 Å². The number of likely N-dealkylation sites (N-methyl/N-ethyl adjacent to an activating group) is 1. The summed E-state index contributed by atoms with van der Waals surface area (Å²) < 4.78 is 0.828. The number of nitrogens with zero attached hydrogens (tertiary/aromatic N) is 1. The van der Waals surface area contributed by atoms with Gasteiger partial charge in [0, 0.05) is 6.42 Å². The van der Waals surface area contributed by atoms with Crippen molar-refractivity contribution in [3.8, 4) is 0 Å². The van der Waals surface area contributed by atoms with E-state index in [1.165, 1.54) is 11.3 Å². The molecule has 0 aliphatic rings. The first kappa shape index (κ1) is 13.2. The fourth-order valence-corrected chi connectivity index (χ4v) is 1.07. The van der Waals surface area contributed by atoms with Crippen LogP contribution in [0.3, 0.4) is 0 Å². The first-order chi connectivity index (χ1) is 6.00. The van der Waals surface area contributed by atoms with Crippen LogP contribution >= 0.6 is 0 Å². The molecule has 0 radical (unpaired) electrons. The summed E-state index contributed by atoms with van der Waals surface area (Å²) in [5.41, 5.74) is 2.56. The zero-order valence-corrected chi connectivity index (χ0v) is 9.88. The molecule has 0 amide bonds. The van der Waals surface area contributed by atoms with Crippen molar-refractivity contribution in [3.63, 3.8) is 0 Å². The lowest BCUT2D eigenvalue weighted by Gasteiger charge is -2.25. The standard InChI is InChI=1S/C12H18N.ClH/c1-11(13(2,3)4)10-12-8-6-5-7-9-12;/h5-9H,1,10H2,2-4H3;1H/q+1;/p-1. The molecule has 0 fully saturated rings. The minimum Gasteiger partial charge on any atom is -1.00 e. The molecule has 1 nitrogen and oxygen atoms in total. The molecule has 0 heterocycles. The number of allylic oxidation sites excluding steroid dienone is 1. The number of halogens is 1. The first-order valence-electron chi connectivity index (χ1n) is 4.54. The molecule has 0 atom stereocenters. The van der Waals surface area contributed by atoms with Gasteiger partial charge in [0.25, 0.3) is 0 Å². The van der Waals surface area contributed by atoms with Gasteiger partial charge >= 0.3 is 0 Å². The molecule has 0 spiro atoms. The summed E-state index contributed by atoms with van der Waals surface area (Å²) in [6.07, 6.45) is 0.963. The molecule has 0 N–H and O–H groups in total. The molecule has 2 heteroatoms. The van der Waals surface area contributed by atoms with Gasteiger partial charge in [-0.2, -0.15) is 0 Å². The molecule has 14 heavy (non-hydrogen) atoms. The number of benzene rings is 1. The maximum atomic E-state index is 4.09. The van der Waals surface area contributed by atoms with Crippen LogP contribution in [0.25, 0.3) is 0 Å². The quantitative estimate of drug-likeness (QED) is 0.589. The van der Waals surface area contributed by atoms with E-state index in [-0.39, 0.29) is 12.4 Å². The van der Waals surface area contributed by atoms with Crippen LogP contribution < -0.4 is 12.4 Å². The smallest absolute Gasteiger partial charge is 0.105 e. The highest BCUT2D eigenvalue weighted by atomic mass is 35.5. The van der Waals surface area contributed by atoms with E-state index in [0.29, 0.717) is 0 Å². The zero-order valence-electron chi connectivity index (χ0n) is 9.13. The Morgan fingerprint density at radius 1 is 1.14 bits per heavy atom. The van der Waals surface area contributed by atoms with Crippen LogP contribution in [0, 0.1) is 0 Å². The van der Waals surface area contributed by atoms with Crippen molar-refractivity contribution in [2.24, 2.45) is 0 Å². The summed E-state index contributed by atoms with van der Waals surface area (Å²) in [5.74, 6) is 0. The van der Waals surface area contributed by atoms with Crippen LogP contribution in [0.5, 0.6) is 0 Å². The Morgan fingerprint density at radius 2 is 1.64 bits per heavy atom. The summed E-state index contributed by atoms with van der Waals surface area (Å²) in [4.78, 5) is 0. The van der Waals surface area contributed by atoms with Gasteiger partial charge in [-0.3, -0.25) is 0 Å². The lowest BCUT2D eigenvalue weighted by atomic mass is 10.1. The number of quaternary nitrogens is 1. The normalized spacial score (nSPS) is 10.5. The molecule has 0 saturated carbocycles. The Kier molecular flexibility index (Phi) is 4.89. The molecule has 0 saturated heterocycles. The van der Waals surface area contributed by atoms with Crippen molar-refractivity contribution in [1.29, 1.82) is 0 Å². The number of rotatable bonds is 3. The number of hydrogen-bond acceptors (Lipinski definition) is 0. The molecule has 1 aromatic rings. The van der Waals surface area contributed by atoms with E-state index >= 15 is 0 Å². The topological polar surface area (TPSA) is 0 Å². The van der Waals surface area contributed by atoms with Crippen molar-refractivity contribution < 1.29 is 16.9 Å². The second-order valence-corrected chi connectivity index (χ2v) is 4.24. The average Bonchev–Trinajstić information content (AvgIpc) is 2.04. The maximum absolute atomic E-state index is 4.09. The second-order valence-electron chi connectivity index (χ2n) is 4.24. The van der Waals surface area contributed by atoms with E-state index in [2.05, 4.69) is 52.0 Å². The molecule has 0 unspecified atom stereocenters. The summed E-state index contributed by atoms with van der Waals surface area (Å²) in [6.45, 7) is 4.09. The molecule has 0 aliphatic carbocycles. The van der Waals surface area contributed by atoms with E-state index in [1.807, 2.05) is 6.07 Å². The largest absolute Gasteiger partial charge is 1.00 e. The van der Waals surface area contributed by atoms with Crippen molar-refractivity contribution in [3.05, 3.63) is 48.2 Å². The summed E-state index contributed by atoms with van der Waals surface area (Å²) in [5, 5.41) is 0. The van der Waals surface area contributed by atoms with E-state index < -0.39 is 0 Å². The zero-order chi connectivity index (χ0) is 9.90. The van der Waals surface area contributed by atoms with Gasteiger partial charge in [0.05, 0.1) is 21.1 Å². The molecule has 0 aromatic heterocycles. The maximum Gasteiger partial charge on any atom is 0.105 e. The first-order valence-corrected chi connectivity index (χ1v) is 4.54. The fourth-order valence-electron chi connectivity index (χ4n) is 1.07. The highest BCUT2D eigenvalue weighted by Crippen LogP contribution is 2.12. The van der Waals surface area contributed by atoms with Crippen LogP contribution in [0.2, 0.25) is 0 Å². The Hall–Kier alpha value is -0.790. The Labute approximate surface area is 93.1 Å². The Balaban J connectivity index is 0.00000169. The van der Waals surface area contributed by atoms with Gasteiger partial charge in [-0.25, -0.2) is 0 Å².